The second-order valence-corrected chi connectivity index (χ2v) is 4.05. The average molecular weight is 312 g/mol. The predicted octanol–water partition coefficient (Wildman–Crippen LogP) is 2.10. The minimum atomic E-state index is -6.24. The molecule has 1 rings (SSSR count). The Balaban J connectivity index is 0.000000423. The van der Waals surface area contributed by atoms with Gasteiger partial charge in [-0.05, 0) is 6.92 Å². The first kappa shape index (κ1) is 18.8. The number of halogens is 6. The van der Waals surface area contributed by atoms with Gasteiger partial charge in [0.15, 0.2) is 0 Å². The summed E-state index contributed by atoms with van der Waals surface area (Å²) in [7, 11) is 2.02. The van der Waals surface area contributed by atoms with E-state index in [-0.39, 0.29) is 11.9 Å². The molecule has 4 nitrogen and oxygen atoms in total. The van der Waals surface area contributed by atoms with Crippen LogP contribution in [0.1, 0.15) is 6.92 Å². The van der Waals surface area contributed by atoms with Crippen molar-refractivity contribution in [2.75, 3.05) is 0 Å². The number of nitrogens with zero attached hydrogens (tertiary/aromatic N) is 4. The minimum absolute atomic E-state index is 0.0397. The van der Waals surface area contributed by atoms with Gasteiger partial charge in [0, 0.05) is 0 Å². The summed E-state index contributed by atoms with van der Waals surface area (Å²) in [5, 5.41) is 15.4. The Labute approximate surface area is 116 Å². The van der Waals surface area contributed by atoms with E-state index in [1.54, 1.807) is 0 Å². The molecule has 1 heterocycles. The van der Waals surface area contributed by atoms with Crippen molar-refractivity contribution >= 4 is 6.42 Å². The van der Waals surface area contributed by atoms with Crippen LogP contribution in [0, 0.1) is 22.5 Å². The Hall–Kier alpha value is -2.17. The number of hydrogen-bond acceptors (Lipinski definition) is 2. The standard InChI is InChI=1S/C6H11N2.C4BF6N2/c1-3-8-5-4-7(2)6-8;6-3(7,4(8,9)10)5(11,1-12)2-13/h4-6H,3H2,1-2H3;/q+1;-1. The smallest absolute Gasteiger partial charge is 0.422 e. The fourth-order valence-electron chi connectivity index (χ4n) is 1.11. The average Bonchev–Trinajstić information content (AvgIpc) is 2.83. The maximum absolute atomic E-state index is 12.4. The molecule has 0 atom stereocenters. The quantitative estimate of drug-likeness (QED) is 0.477. The van der Waals surface area contributed by atoms with E-state index in [1.165, 1.54) is 0 Å². The molecule has 21 heavy (non-hydrogen) atoms. The molecule has 1 aromatic rings. The van der Waals surface area contributed by atoms with Gasteiger partial charge in [0.25, 0.3) is 5.82 Å². The van der Waals surface area contributed by atoms with Crippen LogP contribution in [0.3, 0.4) is 0 Å². The summed E-state index contributed by atoms with van der Waals surface area (Å²) < 4.78 is 75.0. The summed E-state index contributed by atoms with van der Waals surface area (Å²) in [6.07, 6.45) is -5.67. The maximum atomic E-state index is 12.4. The van der Waals surface area contributed by atoms with Crippen molar-refractivity contribution in [2.45, 2.75) is 25.5 Å². The molecule has 0 spiro atoms. The van der Waals surface area contributed by atoms with Gasteiger partial charge >= 0.3 is 12.6 Å². The number of alkyl halides is 5. The maximum Gasteiger partial charge on any atom is 0.422 e. The molecular weight excluding hydrogens is 301 g/mol. The second-order valence-electron chi connectivity index (χ2n) is 4.05. The zero-order valence-electron chi connectivity index (χ0n) is 11.1. The monoisotopic (exact) mass is 312 g/mol. The van der Waals surface area contributed by atoms with Crippen LogP contribution in [-0.4, -0.2) is 23.0 Å². The summed E-state index contributed by atoms with van der Waals surface area (Å²) in [4.78, 5) is 0. The lowest BCUT2D eigenvalue weighted by Crippen LogP contribution is -2.57. The summed E-state index contributed by atoms with van der Waals surface area (Å²) in [5.74, 6) is -5.85. The first-order chi connectivity index (χ1) is 9.45. The van der Waals surface area contributed by atoms with Gasteiger partial charge in [-0.25, -0.2) is 28.4 Å². The van der Waals surface area contributed by atoms with Crippen LogP contribution in [0.15, 0.2) is 18.7 Å². The molecule has 0 amide bonds. The van der Waals surface area contributed by atoms with E-state index in [4.69, 9.17) is 10.5 Å². The lowest BCUT2D eigenvalue weighted by atomic mass is 9.41. The normalized spacial score (nSPS) is 11.9. The molecular formula is C10H11BF6N4. The first-order valence-electron chi connectivity index (χ1n) is 5.56. The van der Waals surface area contributed by atoms with Crippen LogP contribution in [-0.2, 0) is 13.6 Å². The molecule has 0 fully saturated rings. The zero-order valence-corrected chi connectivity index (χ0v) is 11.1. The topological polar surface area (TPSA) is 56.4 Å². The van der Waals surface area contributed by atoms with E-state index >= 15 is 0 Å². The number of aryl methyl sites for hydroxylation is 2. The van der Waals surface area contributed by atoms with Gasteiger partial charge in [-0.1, -0.05) is 11.9 Å². The molecule has 0 aromatic carbocycles. The summed E-state index contributed by atoms with van der Waals surface area (Å²) >= 11 is 0. The lowest BCUT2D eigenvalue weighted by Gasteiger charge is -2.30. The molecule has 0 saturated carbocycles. The van der Waals surface area contributed by atoms with Crippen LogP contribution < -0.4 is 4.57 Å². The van der Waals surface area contributed by atoms with Crippen molar-refractivity contribution in [1.82, 2.24) is 4.57 Å². The van der Waals surface area contributed by atoms with Crippen molar-refractivity contribution < 1.29 is 30.8 Å². The Morgan fingerprint density at radius 2 is 1.67 bits per heavy atom. The third-order valence-corrected chi connectivity index (χ3v) is 2.42. The van der Waals surface area contributed by atoms with Gasteiger partial charge < -0.3 is 4.32 Å². The highest BCUT2D eigenvalue weighted by molar-refractivity contribution is 6.89. The van der Waals surface area contributed by atoms with Crippen LogP contribution in [0.4, 0.5) is 26.3 Å². The molecule has 0 saturated heterocycles. The molecule has 0 bridgehead atoms. The van der Waals surface area contributed by atoms with Crippen molar-refractivity contribution in [1.29, 1.82) is 10.5 Å². The van der Waals surface area contributed by atoms with E-state index in [2.05, 4.69) is 24.0 Å². The molecule has 0 unspecified atom stereocenters. The Bertz CT molecular complexity index is 539. The van der Waals surface area contributed by atoms with Crippen molar-refractivity contribution in [3.8, 4) is 11.9 Å². The molecule has 11 heteroatoms. The number of rotatable bonds is 2. The Kier molecular flexibility index (Phi) is 5.85. The molecule has 116 valence electrons. The van der Waals surface area contributed by atoms with Crippen LogP contribution in [0.25, 0.3) is 0 Å². The number of aromatic nitrogens is 2. The van der Waals surface area contributed by atoms with Gasteiger partial charge in [-0.15, -0.1) is 0 Å². The number of imidazole rings is 1. The van der Waals surface area contributed by atoms with E-state index in [1.807, 2.05) is 17.8 Å². The third-order valence-electron chi connectivity index (χ3n) is 2.42. The molecule has 0 aliphatic heterocycles. The SMILES string of the molecule is CCn1cc[n+](C)c1.N#C[B-](F)(C#N)C(F)(F)C(F)(F)F. The molecule has 0 aliphatic rings. The second kappa shape index (κ2) is 6.52. The van der Waals surface area contributed by atoms with E-state index in [0.717, 1.165) is 6.54 Å². The van der Waals surface area contributed by atoms with Crippen LogP contribution in [0.2, 0.25) is 0 Å². The highest BCUT2D eigenvalue weighted by Crippen LogP contribution is 2.42. The minimum Gasteiger partial charge on any atom is -0.476 e. The van der Waals surface area contributed by atoms with Crippen LogP contribution in [0.5, 0.6) is 0 Å². The van der Waals surface area contributed by atoms with Crippen molar-refractivity contribution in [2.24, 2.45) is 7.05 Å². The van der Waals surface area contributed by atoms with Gasteiger partial charge in [0.05, 0.1) is 13.6 Å². The van der Waals surface area contributed by atoms with E-state index < -0.39 is 18.4 Å². The van der Waals surface area contributed by atoms with Gasteiger partial charge in [0.2, 0.25) is 6.33 Å². The zero-order chi connectivity index (χ0) is 16.9. The molecule has 0 N–H and O–H groups in total. The lowest BCUT2D eigenvalue weighted by molar-refractivity contribution is -0.671. The number of nitriles is 2. The molecule has 0 aliphatic carbocycles. The van der Waals surface area contributed by atoms with E-state index in [9.17, 15) is 26.3 Å². The highest BCUT2D eigenvalue weighted by atomic mass is 19.4. The fourth-order valence-corrected chi connectivity index (χ4v) is 1.11. The molecule has 1 aromatic heterocycles. The van der Waals surface area contributed by atoms with Gasteiger partial charge in [0.1, 0.15) is 12.4 Å². The summed E-state index contributed by atoms with van der Waals surface area (Å²) in [5.41, 5.74) is 0. The number of hydrogen-bond donors (Lipinski definition) is 0. The summed E-state index contributed by atoms with van der Waals surface area (Å²) in [6, 6.07) is 0. The molecule has 0 radical (unpaired) electrons. The summed E-state index contributed by atoms with van der Waals surface area (Å²) in [6.45, 7) is 3.18. The van der Waals surface area contributed by atoms with E-state index in [0.29, 0.717) is 0 Å². The Morgan fingerprint density at radius 3 is 1.81 bits per heavy atom. The third kappa shape index (κ3) is 4.15. The predicted molar refractivity (Wildman–Crippen MR) is 60.4 cm³/mol. The van der Waals surface area contributed by atoms with Crippen molar-refractivity contribution in [3.05, 3.63) is 18.7 Å². The Morgan fingerprint density at radius 1 is 1.19 bits per heavy atom. The van der Waals surface area contributed by atoms with Gasteiger partial charge in [-0.3, -0.25) is 0 Å². The fraction of sp³-hybridized carbons (Fsp3) is 0.500. The highest BCUT2D eigenvalue weighted by Gasteiger charge is 2.67. The van der Waals surface area contributed by atoms with Crippen LogP contribution >= 0.6 is 0 Å². The van der Waals surface area contributed by atoms with Crippen molar-refractivity contribution in [3.63, 3.8) is 0 Å². The largest absolute Gasteiger partial charge is 0.476 e. The first-order valence-corrected chi connectivity index (χ1v) is 5.56. The van der Waals surface area contributed by atoms with Gasteiger partial charge in [-0.2, -0.15) is 13.2 Å².